The molecule has 2 rings (SSSR count). The van der Waals surface area contributed by atoms with Gasteiger partial charge in [-0.1, -0.05) is 26.0 Å². The van der Waals surface area contributed by atoms with E-state index >= 15 is 0 Å². The van der Waals surface area contributed by atoms with E-state index in [9.17, 15) is 9.59 Å². The van der Waals surface area contributed by atoms with Gasteiger partial charge in [0.15, 0.2) is 0 Å². The molecule has 2 aromatic rings. The fourth-order valence-corrected chi connectivity index (χ4v) is 2.45. The molecule has 1 unspecified atom stereocenters. The molecule has 0 fully saturated rings. The molecule has 0 saturated heterocycles. The summed E-state index contributed by atoms with van der Waals surface area (Å²) in [5.41, 5.74) is 1.84. The highest BCUT2D eigenvalue weighted by atomic mass is 16.5. The predicted octanol–water partition coefficient (Wildman–Crippen LogP) is 2.20. The van der Waals surface area contributed by atoms with E-state index in [1.54, 1.807) is 0 Å². The number of rotatable bonds is 7. The average molecular weight is 317 g/mol. The van der Waals surface area contributed by atoms with Gasteiger partial charge in [-0.15, -0.1) is 0 Å². The lowest BCUT2D eigenvalue weighted by Crippen LogP contribution is -2.42. The van der Waals surface area contributed by atoms with Gasteiger partial charge in [0.25, 0.3) is 0 Å². The third-order valence-corrected chi connectivity index (χ3v) is 3.56. The van der Waals surface area contributed by atoms with Crippen molar-refractivity contribution < 1.29 is 14.3 Å². The summed E-state index contributed by atoms with van der Waals surface area (Å²) in [5, 5.41) is 2.75. The first-order valence-electron chi connectivity index (χ1n) is 7.80. The molecule has 0 radical (unpaired) electrons. The van der Waals surface area contributed by atoms with Crippen molar-refractivity contribution in [2.45, 2.75) is 39.2 Å². The second-order valence-electron chi connectivity index (χ2n) is 5.97. The summed E-state index contributed by atoms with van der Waals surface area (Å²) in [5.74, 6) is 0.465. The first kappa shape index (κ1) is 17.0. The lowest BCUT2D eigenvalue weighted by Gasteiger charge is -2.18. The van der Waals surface area contributed by atoms with E-state index in [1.165, 1.54) is 7.11 Å². The van der Waals surface area contributed by atoms with Gasteiger partial charge in [0, 0.05) is 12.8 Å². The van der Waals surface area contributed by atoms with Crippen LogP contribution in [0.15, 0.2) is 24.3 Å². The van der Waals surface area contributed by atoms with Crippen LogP contribution < -0.4 is 5.32 Å². The SMILES string of the molecule is COC(=O)C(CC(C)C)NC(=O)CCc1nc2ccccc2[nH]1. The molecular formula is C17H23N3O3. The number of hydrogen-bond acceptors (Lipinski definition) is 4. The Bertz CT molecular complexity index is 646. The van der Waals surface area contributed by atoms with Crippen LogP contribution in [0, 0.1) is 5.92 Å². The lowest BCUT2D eigenvalue weighted by molar-refractivity contribution is -0.145. The smallest absolute Gasteiger partial charge is 0.328 e. The number of H-pyrrole nitrogens is 1. The number of carbonyl (C=O) groups excluding carboxylic acids is 2. The Morgan fingerprint density at radius 1 is 1.30 bits per heavy atom. The first-order chi connectivity index (χ1) is 11.0. The predicted molar refractivity (Wildman–Crippen MR) is 87.8 cm³/mol. The van der Waals surface area contributed by atoms with E-state index in [4.69, 9.17) is 4.74 Å². The van der Waals surface area contributed by atoms with Crippen LogP contribution in [0.4, 0.5) is 0 Å². The number of para-hydroxylation sites is 2. The number of aromatic amines is 1. The van der Waals surface area contributed by atoms with Gasteiger partial charge in [0.05, 0.1) is 18.1 Å². The number of methoxy groups -OCH3 is 1. The molecule has 23 heavy (non-hydrogen) atoms. The number of aromatic nitrogens is 2. The van der Waals surface area contributed by atoms with Gasteiger partial charge < -0.3 is 15.0 Å². The number of nitrogens with zero attached hydrogens (tertiary/aromatic N) is 1. The Kier molecular flexibility index (Phi) is 5.73. The number of imidazole rings is 1. The molecule has 0 bridgehead atoms. The fraction of sp³-hybridized carbons (Fsp3) is 0.471. The maximum atomic E-state index is 12.1. The molecule has 0 saturated carbocycles. The molecule has 1 amide bonds. The maximum Gasteiger partial charge on any atom is 0.328 e. The summed E-state index contributed by atoms with van der Waals surface area (Å²) in [6.07, 6.45) is 1.32. The number of benzene rings is 1. The average Bonchev–Trinajstić information content (AvgIpc) is 2.94. The third kappa shape index (κ3) is 4.81. The van der Waals surface area contributed by atoms with Crippen molar-refractivity contribution in [3.8, 4) is 0 Å². The van der Waals surface area contributed by atoms with Gasteiger partial charge in [0.2, 0.25) is 5.91 Å². The van der Waals surface area contributed by atoms with Crippen molar-refractivity contribution in [3.05, 3.63) is 30.1 Å². The van der Waals surface area contributed by atoms with Crippen molar-refractivity contribution in [3.63, 3.8) is 0 Å². The Balaban J connectivity index is 1.91. The van der Waals surface area contributed by atoms with Gasteiger partial charge in [-0.05, 0) is 24.5 Å². The second kappa shape index (κ2) is 7.76. The van der Waals surface area contributed by atoms with Crippen molar-refractivity contribution >= 4 is 22.9 Å². The van der Waals surface area contributed by atoms with Crippen molar-refractivity contribution in [2.24, 2.45) is 5.92 Å². The minimum absolute atomic E-state index is 0.179. The number of aryl methyl sites for hydroxylation is 1. The van der Waals surface area contributed by atoms with Crippen LogP contribution in [-0.4, -0.2) is 35.0 Å². The van der Waals surface area contributed by atoms with E-state index < -0.39 is 12.0 Å². The van der Waals surface area contributed by atoms with Crippen LogP contribution in [0.2, 0.25) is 0 Å². The molecule has 0 aliphatic heterocycles. The molecule has 1 aromatic carbocycles. The van der Waals surface area contributed by atoms with Crippen LogP contribution in [0.25, 0.3) is 11.0 Å². The van der Waals surface area contributed by atoms with Gasteiger partial charge in [-0.3, -0.25) is 4.79 Å². The minimum atomic E-state index is -0.594. The second-order valence-corrected chi connectivity index (χ2v) is 5.97. The van der Waals surface area contributed by atoms with E-state index in [2.05, 4.69) is 15.3 Å². The highest BCUT2D eigenvalue weighted by Gasteiger charge is 2.22. The molecule has 0 aliphatic carbocycles. The number of esters is 1. The van der Waals surface area contributed by atoms with E-state index in [0.29, 0.717) is 12.8 Å². The molecule has 2 N–H and O–H groups in total. The van der Waals surface area contributed by atoms with E-state index in [-0.39, 0.29) is 18.2 Å². The molecule has 1 aromatic heterocycles. The van der Waals surface area contributed by atoms with Crippen LogP contribution in [0.1, 0.15) is 32.5 Å². The van der Waals surface area contributed by atoms with E-state index in [1.807, 2.05) is 38.1 Å². The quantitative estimate of drug-likeness (QED) is 0.767. The molecule has 1 atom stereocenters. The van der Waals surface area contributed by atoms with Crippen LogP contribution >= 0.6 is 0 Å². The zero-order chi connectivity index (χ0) is 16.8. The normalized spacial score (nSPS) is 12.3. The molecule has 0 aliphatic rings. The summed E-state index contributed by atoms with van der Waals surface area (Å²) >= 11 is 0. The Morgan fingerprint density at radius 3 is 2.70 bits per heavy atom. The van der Waals surface area contributed by atoms with Gasteiger partial charge in [-0.25, -0.2) is 9.78 Å². The monoisotopic (exact) mass is 317 g/mol. The standard InChI is InChI=1S/C17H23N3O3/c1-11(2)10-14(17(22)23-3)20-16(21)9-8-15-18-12-6-4-5-7-13(12)19-15/h4-7,11,14H,8-10H2,1-3H3,(H,18,19)(H,20,21). The number of ether oxygens (including phenoxy) is 1. The molecule has 6 heteroatoms. The van der Waals surface area contributed by atoms with Crippen LogP contribution in [-0.2, 0) is 20.7 Å². The summed E-state index contributed by atoms with van der Waals surface area (Å²) in [7, 11) is 1.33. The molecule has 0 spiro atoms. The lowest BCUT2D eigenvalue weighted by atomic mass is 10.0. The molecule has 1 heterocycles. The van der Waals surface area contributed by atoms with Crippen molar-refractivity contribution in [2.75, 3.05) is 7.11 Å². The Labute approximate surface area is 135 Å². The molecule has 6 nitrogen and oxygen atoms in total. The summed E-state index contributed by atoms with van der Waals surface area (Å²) in [6.45, 7) is 3.99. The third-order valence-electron chi connectivity index (χ3n) is 3.56. The largest absolute Gasteiger partial charge is 0.467 e. The topological polar surface area (TPSA) is 84.1 Å². The minimum Gasteiger partial charge on any atom is -0.467 e. The van der Waals surface area contributed by atoms with Crippen LogP contribution in [0.3, 0.4) is 0 Å². The highest BCUT2D eigenvalue weighted by Crippen LogP contribution is 2.12. The van der Waals surface area contributed by atoms with E-state index in [0.717, 1.165) is 16.9 Å². The van der Waals surface area contributed by atoms with Gasteiger partial charge >= 0.3 is 5.97 Å². The number of fused-ring (bicyclic) bond motifs is 1. The summed E-state index contributed by atoms with van der Waals surface area (Å²) in [6, 6.07) is 7.13. The van der Waals surface area contributed by atoms with Gasteiger partial charge in [-0.2, -0.15) is 0 Å². The number of hydrogen-bond donors (Lipinski definition) is 2. The molecular weight excluding hydrogens is 294 g/mol. The van der Waals surface area contributed by atoms with Crippen LogP contribution in [0.5, 0.6) is 0 Å². The number of carbonyl (C=O) groups is 2. The number of nitrogens with one attached hydrogen (secondary N) is 2. The Morgan fingerprint density at radius 2 is 2.04 bits per heavy atom. The zero-order valence-corrected chi connectivity index (χ0v) is 13.8. The zero-order valence-electron chi connectivity index (χ0n) is 13.8. The molecule has 124 valence electrons. The van der Waals surface area contributed by atoms with Gasteiger partial charge in [0.1, 0.15) is 11.9 Å². The maximum absolute atomic E-state index is 12.1. The Hall–Kier alpha value is -2.37. The summed E-state index contributed by atoms with van der Waals surface area (Å²) < 4.78 is 4.74. The number of amides is 1. The van der Waals surface area contributed by atoms with Crippen molar-refractivity contribution in [1.82, 2.24) is 15.3 Å². The van der Waals surface area contributed by atoms with Crippen molar-refractivity contribution in [1.29, 1.82) is 0 Å². The summed E-state index contributed by atoms with van der Waals surface area (Å²) in [4.78, 5) is 31.4. The fourth-order valence-electron chi connectivity index (χ4n) is 2.45. The first-order valence-corrected chi connectivity index (χ1v) is 7.80. The highest BCUT2D eigenvalue weighted by molar-refractivity contribution is 5.84.